The van der Waals surface area contributed by atoms with Crippen LogP contribution in [0.3, 0.4) is 0 Å². The smallest absolute Gasteiger partial charge is 0.240 e. The fourth-order valence-electron chi connectivity index (χ4n) is 3.35. The lowest BCUT2D eigenvalue weighted by Gasteiger charge is -2.30. The lowest BCUT2D eigenvalue weighted by molar-refractivity contribution is -0.992. The maximum atomic E-state index is 14.1. The number of allylic oxidation sites excluding steroid dienone is 2. The van der Waals surface area contributed by atoms with Gasteiger partial charge in [0.05, 0.1) is 11.8 Å². The molecule has 0 fully saturated rings. The van der Waals surface area contributed by atoms with Gasteiger partial charge in [-0.1, -0.05) is 35.0 Å². The zero-order valence-corrected chi connectivity index (χ0v) is 17.5. The SMILES string of the molecule is CS(=O)(=O)N1C=C2C[N+](C=O)(OCC(F)(F)C(F)F)C=C2C(c2ccccc2)=C1C(F)(F)F. The van der Waals surface area contributed by atoms with Crippen molar-refractivity contribution in [2.75, 3.05) is 19.4 Å². The van der Waals surface area contributed by atoms with Crippen LogP contribution in [0, 0.1) is 0 Å². The molecule has 1 atom stereocenters. The van der Waals surface area contributed by atoms with E-state index in [0.717, 1.165) is 6.20 Å². The first-order valence-corrected chi connectivity index (χ1v) is 10.9. The Morgan fingerprint density at radius 3 is 2.24 bits per heavy atom. The van der Waals surface area contributed by atoms with E-state index in [9.17, 15) is 43.9 Å². The Bertz CT molecular complexity index is 1140. The van der Waals surface area contributed by atoms with Crippen molar-refractivity contribution in [2.45, 2.75) is 18.5 Å². The lowest BCUT2D eigenvalue weighted by Crippen LogP contribution is -2.45. The Labute approximate surface area is 183 Å². The first-order chi connectivity index (χ1) is 15.1. The van der Waals surface area contributed by atoms with Crippen LogP contribution < -0.4 is 0 Å². The molecule has 3 rings (SSSR count). The molecule has 1 unspecified atom stereocenters. The number of rotatable bonds is 7. The third-order valence-electron chi connectivity index (χ3n) is 4.79. The van der Waals surface area contributed by atoms with Gasteiger partial charge in [0.15, 0.2) is 6.61 Å². The molecule has 2 heterocycles. The number of amides is 1. The number of sulfonamides is 1. The third kappa shape index (κ3) is 4.82. The molecule has 1 aromatic rings. The van der Waals surface area contributed by atoms with Crippen LogP contribution in [-0.4, -0.2) is 61.7 Å². The van der Waals surface area contributed by atoms with E-state index in [-0.39, 0.29) is 27.4 Å². The Hall–Kier alpha value is -2.71. The minimum atomic E-state index is -5.19. The molecule has 33 heavy (non-hydrogen) atoms. The van der Waals surface area contributed by atoms with Gasteiger partial charge in [0.2, 0.25) is 10.0 Å². The Balaban J connectivity index is 2.23. The van der Waals surface area contributed by atoms with E-state index in [0.29, 0.717) is 12.5 Å². The summed E-state index contributed by atoms with van der Waals surface area (Å²) in [5.74, 6) is -4.64. The Morgan fingerprint density at radius 2 is 1.76 bits per heavy atom. The number of carbonyl (C=O) groups is 1. The van der Waals surface area contributed by atoms with Gasteiger partial charge in [0, 0.05) is 17.3 Å². The number of nitrogens with zero attached hydrogens (tertiary/aromatic N) is 2. The van der Waals surface area contributed by atoms with Gasteiger partial charge >= 0.3 is 24.9 Å². The number of hydrogen-bond acceptors (Lipinski definition) is 4. The fourth-order valence-corrected chi connectivity index (χ4v) is 4.20. The number of halogens is 7. The summed E-state index contributed by atoms with van der Waals surface area (Å²) < 4.78 is 117. The minimum Gasteiger partial charge on any atom is -0.240 e. The first kappa shape index (κ1) is 24.9. The number of hydrogen-bond donors (Lipinski definition) is 0. The predicted octanol–water partition coefficient (Wildman–Crippen LogP) is 3.82. The van der Waals surface area contributed by atoms with Gasteiger partial charge < -0.3 is 0 Å². The van der Waals surface area contributed by atoms with E-state index in [1.54, 1.807) is 0 Å². The number of quaternary nitrogens is 1. The zero-order chi connectivity index (χ0) is 24.8. The Kier molecular flexibility index (Phi) is 6.23. The maximum Gasteiger partial charge on any atom is 0.433 e. The molecule has 1 aromatic carbocycles. The van der Waals surface area contributed by atoms with E-state index in [1.165, 1.54) is 30.3 Å². The van der Waals surface area contributed by atoms with E-state index in [4.69, 9.17) is 4.84 Å². The molecule has 0 radical (unpaired) electrons. The number of hydroxylamine groups is 3. The third-order valence-corrected chi connectivity index (χ3v) is 5.80. The quantitative estimate of drug-likeness (QED) is 0.324. The zero-order valence-electron chi connectivity index (χ0n) is 16.7. The molecule has 0 aromatic heterocycles. The van der Waals surface area contributed by atoms with Crippen molar-refractivity contribution in [3.8, 4) is 0 Å². The van der Waals surface area contributed by atoms with Gasteiger partial charge in [-0.15, -0.1) is 0 Å². The van der Waals surface area contributed by atoms with Crippen molar-refractivity contribution in [3.63, 3.8) is 0 Å². The van der Waals surface area contributed by atoms with Gasteiger partial charge in [0.1, 0.15) is 18.4 Å². The second-order valence-electron chi connectivity index (χ2n) is 7.30. The Morgan fingerprint density at radius 1 is 1.15 bits per heavy atom. The largest absolute Gasteiger partial charge is 0.433 e. The van der Waals surface area contributed by atoms with Crippen LogP contribution in [0.15, 0.2) is 59.6 Å². The predicted molar refractivity (Wildman–Crippen MR) is 100 cm³/mol. The van der Waals surface area contributed by atoms with Crippen LogP contribution in [0.2, 0.25) is 0 Å². The molecule has 180 valence electrons. The number of alkyl halides is 7. The summed E-state index contributed by atoms with van der Waals surface area (Å²) in [4.78, 5) is 16.5. The van der Waals surface area contributed by atoms with E-state index in [2.05, 4.69) is 0 Å². The summed E-state index contributed by atoms with van der Waals surface area (Å²) in [5, 5.41) is 0. The molecule has 0 N–H and O–H groups in total. The fraction of sp³-hybridized carbons (Fsp3) is 0.316. The molecule has 2 aliphatic heterocycles. The van der Waals surface area contributed by atoms with Crippen LogP contribution >= 0.6 is 0 Å². The molecule has 0 bridgehead atoms. The van der Waals surface area contributed by atoms with Crippen molar-refractivity contribution < 1.29 is 53.4 Å². The summed E-state index contributed by atoms with van der Waals surface area (Å²) in [6.45, 7) is -2.61. The van der Waals surface area contributed by atoms with Crippen LogP contribution in [-0.2, 0) is 19.7 Å². The van der Waals surface area contributed by atoms with Crippen LogP contribution in [0.5, 0.6) is 0 Å². The summed E-state index contributed by atoms with van der Waals surface area (Å²) >= 11 is 0. The minimum absolute atomic E-state index is 0.0133. The van der Waals surface area contributed by atoms with Crippen LogP contribution in [0.1, 0.15) is 5.56 Å². The van der Waals surface area contributed by atoms with Gasteiger partial charge in [0.25, 0.3) is 0 Å². The van der Waals surface area contributed by atoms with Crippen molar-refractivity contribution in [1.29, 1.82) is 0 Å². The average Bonchev–Trinajstić information content (AvgIpc) is 3.09. The van der Waals surface area contributed by atoms with Crippen molar-refractivity contribution >= 4 is 22.0 Å². The highest BCUT2D eigenvalue weighted by Gasteiger charge is 2.52. The maximum absolute atomic E-state index is 14.1. The second kappa shape index (κ2) is 8.25. The van der Waals surface area contributed by atoms with E-state index >= 15 is 0 Å². The molecule has 6 nitrogen and oxygen atoms in total. The van der Waals surface area contributed by atoms with Gasteiger partial charge in [-0.2, -0.15) is 26.8 Å². The molecule has 0 saturated carbocycles. The summed E-state index contributed by atoms with van der Waals surface area (Å²) in [6.07, 6.45) is -7.47. The summed E-state index contributed by atoms with van der Waals surface area (Å²) in [7, 11) is -4.53. The second-order valence-corrected chi connectivity index (χ2v) is 9.16. The highest BCUT2D eigenvalue weighted by atomic mass is 32.2. The molecule has 1 amide bonds. The summed E-state index contributed by atoms with van der Waals surface area (Å²) in [5.41, 5.74) is -2.79. The average molecular weight is 501 g/mol. The lowest BCUT2D eigenvalue weighted by atomic mass is 9.90. The standard InChI is InChI=1S/C19H16F7N2O4S/c1-33(30,31)27-7-13-8-28(11-29,32-10-18(22,23)17(20)21)9-14(13)15(16(27)19(24,25)26)12-5-3-2-4-6-12/h2-7,9,11,17H,8,10H2,1H3/q+1. The molecule has 0 saturated heterocycles. The van der Waals surface area contributed by atoms with Gasteiger partial charge in [-0.05, 0) is 5.56 Å². The molecular formula is C19H16F7N2O4S+. The highest BCUT2D eigenvalue weighted by Crippen LogP contribution is 2.48. The number of carbonyl (C=O) groups excluding carboxylic acids is 1. The van der Waals surface area contributed by atoms with Crippen LogP contribution in [0.4, 0.5) is 30.7 Å². The number of fused-ring (bicyclic) bond motifs is 1. The molecule has 0 aliphatic carbocycles. The van der Waals surface area contributed by atoms with Crippen molar-refractivity contribution in [3.05, 3.63) is 65.1 Å². The van der Waals surface area contributed by atoms with Crippen LogP contribution in [0.25, 0.3) is 5.57 Å². The highest BCUT2D eigenvalue weighted by molar-refractivity contribution is 7.88. The van der Waals surface area contributed by atoms with E-state index < -0.39 is 57.6 Å². The number of benzene rings is 1. The van der Waals surface area contributed by atoms with Gasteiger partial charge in [-0.3, -0.25) is 0 Å². The van der Waals surface area contributed by atoms with E-state index in [1.807, 2.05) is 0 Å². The van der Waals surface area contributed by atoms with Crippen molar-refractivity contribution in [1.82, 2.24) is 4.31 Å². The molecule has 2 aliphatic rings. The topological polar surface area (TPSA) is 63.7 Å². The van der Waals surface area contributed by atoms with Gasteiger partial charge in [-0.25, -0.2) is 26.3 Å². The normalized spacial score (nSPS) is 21.8. The monoisotopic (exact) mass is 501 g/mol. The van der Waals surface area contributed by atoms with Crippen molar-refractivity contribution in [2.24, 2.45) is 0 Å². The first-order valence-electron chi connectivity index (χ1n) is 9.06. The molecule has 0 spiro atoms. The molecular weight excluding hydrogens is 485 g/mol. The molecule has 14 heteroatoms. The summed E-state index contributed by atoms with van der Waals surface area (Å²) in [6, 6.07) is 6.78.